The highest BCUT2D eigenvalue weighted by atomic mass is 16.5. The molecule has 0 N–H and O–H groups in total. The van der Waals surface area contributed by atoms with Crippen LogP contribution in [0.15, 0.2) is 11.6 Å². The highest BCUT2D eigenvalue weighted by molar-refractivity contribution is 5.06. The maximum Gasteiger partial charge on any atom is 0.0735 e. The summed E-state index contributed by atoms with van der Waals surface area (Å²) in [5.41, 5.74) is 1.35. The third-order valence-corrected chi connectivity index (χ3v) is 1.09. The Kier molecular flexibility index (Phi) is 1.15. The van der Waals surface area contributed by atoms with Gasteiger partial charge in [-0.15, -0.1) is 0 Å². The van der Waals surface area contributed by atoms with E-state index in [4.69, 9.17) is 4.74 Å². The molecule has 0 saturated carbocycles. The van der Waals surface area contributed by atoms with Crippen molar-refractivity contribution in [2.24, 2.45) is 0 Å². The molecule has 0 radical (unpaired) electrons. The third kappa shape index (κ3) is 1.03. The first kappa shape index (κ1) is 4.85. The van der Waals surface area contributed by atoms with Crippen LogP contribution in [0.5, 0.6) is 0 Å². The summed E-state index contributed by atoms with van der Waals surface area (Å²) in [7, 11) is 0. The van der Waals surface area contributed by atoms with Gasteiger partial charge in [0.15, 0.2) is 0 Å². The van der Waals surface area contributed by atoms with Gasteiger partial charge < -0.3 is 4.74 Å². The molecular formula is C6H10O. The van der Waals surface area contributed by atoms with Crippen molar-refractivity contribution in [2.75, 3.05) is 6.61 Å². The van der Waals surface area contributed by atoms with Crippen LogP contribution in [0.2, 0.25) is 0 Å². The fourth-order valence-corrected chi connectivity index (χ4v) is 0.760. The molecule has 1 aliphatic heterocycles. The Morgan fingerprint density at radius 3 is 2.71 bits per heavy atom. The molecule has 7 heavy (non-hydrogen) atoms. The lowest BCUT2D eigenvalue weighted by molar-refractivity contribution is 0.139. The summed E-state index contributed by atoms with van der Waals surface area (Å²) in [5, 5.41) is 0. The normalized spacial score (nSPS) is 30.6. The summed E-state index contributed by atoms with van der Waals surface area (Å²) < 4.78 is 5.17. The van der Waals surface area contributed by atoms with Crippen LogP contribution in [0, 0.1) is 0 Å². The van der Waals surface area contributed by atoms with Crippen molar-refractivity contribution in [3.05, 3.63) is 11.6 Å². The van der Waals surface area contributed by atoms with Crippen molar-refractivity contribution in [1.29, 1.82) is 0 Å². The molecule has 0 aromatic heterocycles. The molecule has 0 bridgehead atoms. The Morgan fingerprint density at radius 1 is 1.86 bits per heavy atom. The van der Waals surface area contributed by atoms with E-state index >= 15 is 0 Å². The minimum absolute atomic E-state index is 0.361. The van der Waals surface area contributed by atoms with Crippen molar-refractivity contribution in [2.45, 2.75) is 20.0 Å². The van der Waals surface area contributed by atoms with E-state index in [0.717, 1.165) is 6.61 Å². The van der Waals surface area contributed by atoms with E-state index in [1.165, 1.54) is 5.57 Å². The zero-order valence-corrected chi connectivity index (χ0v) is 4.77. The second kappa shape index (κ2) is 1.66. The fraction of sp³-hybridized carbons (Fsp3) is 0.667. The van der Waals surface area contributed by atoms with Gasteiger partial charge in [0.05, 0.1) is 12.7 Å². The molecular weight excluding hydrogens is 88.1 g/mol. The third-order valence-electron chi connectivity index (χ3n) is 1.09. The molecule has 0 aromatic carbocycles. The van der Waals surface area contributed by atoms with Gasteiger partial charge in [0.2, 0.25) is 0 Å². The lowest BCUT2D eigenvalue weighted by Crippen LogP contribution is -1.95. The first-order valence-electron chi connectivity index (χ1n) is 2.58. The standard InChI is InChI=1S/C6H10O/c1-5-3-6(2)7-4-5/h3,6H,4H2,1-2H3. The Balaban J connectivity index is 2.50. The second-order valence-corrected chi connectivity index (χ2v) is 2.03. The van der Waals surface area contributed by atoms with Crippen molar-refractivity contribution in [3.63, 3.8) is 0 Å². The molecule has 0 spiro atoms. The summed E-state index contributed by atoms with van der Waals surface area (Å²) in [6.45, 7) is 4.97. The molecule has 0 aromatic rings. The highest BCUT2D eigenvalue weighted by Gasteiger charge is 2.05. The van der Waals surface area contributed by atoms with Gasteiger partial charge in [0.25, 0.3) is 0 Å². The molecule has 1 atom stereocenters. The first-order chi connectivity index (χ1) is 3.29. The van der Waals surface area contributed by atoms with E-state index in [0.29, 0.717) is 6.10 Å². The molecule has 1 aliphatic rings. The van der Waals surface area contributed by atoms with Gasteiger partial charge in [0.1, 0.15) is 0 Å². The number of rotatable bonds is 0. The Bertz CT molecular complexity index is 94.4. The van der Waals surface area contributed by atoms with Crippen LogP contribution in [-0.4, -0.2) is 12.7 Å². The topological polar surface area (TPSA) is 9.23 Å². The van der Waals surface area contributed by atoms with Crippen molar-refractivity contribution in [3.8, 4) is 0 Å². The van der Waals surface area contributed by atoms with Gasteiger partial charge in [-0.25, -0.2) is 0 Å². The van der Waals surface area contributed by atoms with E-state index in [2.05, 4.69) is 19.9 Å². The smallest absolute Gasteiger partial charge is 0.0735 e. The number of hydrogen-bond acceptors (Lipinski definition) is 1. The largest absolute Gasteiger partial charge is 0.370 e. The predicted molar refractivity (Wildman–Crippen MR) is 29.2 cm³/mol. The number of hydrogen-bond donors (Lipinski definition) is 0. The SMILES string of the molecule is CC1=CC(C)OC1. The first-order valence-corrected chi connectivity index (χ1v) is 2.58. The summed E-state index contributed by atoms with van der Waals surface area (Å²) in [6, 6.07) is 0. The Labute approximate surface area is 44.0 Å². The average Bonchev–Trinajstić information content (AvgIpc) is 1.87. The molecule has 0 saturated heterocycles. The van der Waals surface area contributed by atoms with Crippen LogP contribution >= 0.6 is 0 Å². The summed E-state index contributed by atoms with van der Waals surface area (Å²) in [4.78, 5) is 0. The molecule has 1 heterocycles. The zero-order valence-electron chi connectivity index (χ0n) is 4.77. The molecule has 0 amide bonds. The lowest BCUT2D eigenvalue weighted by atomic mass is 10.3. The van der Waals surface area contributed by atoms with E-state index in [1.54, 1.807) is 0 Å². The summed E-state index contributed by atoms with van der Waals surface area (Å²) in [6.07, 6.45) is 2.50. The Hall–Kier alpha value is -0.300. The molecule has 40 valence electrons. The minimum atomic E-state index is 0.361. The van der Waals surface area contributed by atoms with E-state index in [1.807, 2.05) is 0 Å². The molecule has 1 unspecified atom stereocenters. The van der Waals surface area contributed by atoms with Crippen LogP contribution in [0.4, 0.5) is 0 Å². The van der Waals surface area contributed by atoms with Gasteiger partial charge >= 0.3 is 0 Å². The second-order valence-electron chi connectivity index (χ2n) is 2.03. The van der Waals surface area contributed by atoms with E-state index in [-0.39, 0.29) is 0 Å². The highest BCUT2D eigenvalue weighted by Crippen LogP contribution is 2.08. The Morgan fingerprint density at radius 2 is 2.57 bits per heavy atom. The van der Waals surface area contributed by atoms with Gasteiger partial charge in [0, 0.05) is 0 Å². The van der Waals surface area contributed by atoms with Crippen molar-refractivity contribution in [1.82, 2.24) is 0 Å². The maximum absolute atomic E-state index is 5.17. The van der Waals surface area contributed by atoms with Gasteiger partial charge in [-0.1, -0.05) is 6.08 Å². The predicted octanol–water partition coefficient (Wildman–Crippen LogP) is 1.35. The minimum Gasteiger partial charge on any atom is -0.370 e. The lowest BCUT2D eigenvalue weighted by Gasteiger charge is -1.94. The van der Waals surface area contributed by atoms with E-state index < -0.39 is 0 Å². The quantitative estimate of drug-likeness (QED) is 0.415. The van der Waals surface area contributed by atoms with Crippen molar-refractivity contribution < 1.29 is 4.74 Å². The van der Waals surface area contributed by atoms with Crippen LogP contribution in [0.1, 0.15) is 13.8 Å². The van der Waals surface area contributed by atoms with Crippen LogP contribution in [-0.2, 0) is 4.74 Å². The molecule has 1 heteroatoms. The fourth-order valence-electron chi connectivity index (χ4n) is 0.760. The molecule has 0 aliphatic carbocycles. The zero-order chi connectivity index (χ0) is 5.28. The number of ether oxygens (including phenoxy) is 1. The average molecular weight is 98.1 g/mol. The summed E-state index contributed by atoms with van der Waals surface area (Å²) in [5.74, 6) is 0. The van der Waals surface area contributed by atoms with Gasteiger partial charge in [-0.05, 0) is 19.4 Å². The summed E-state index contributed by atoms with van der Waals surface area (Å²) >= 11 is 0. The molecule has 1 nitrogen and oxygen atoms in total. The van der Waals surface area contributed by atoms with Gasteiger partial charge in [-0.3, -0.25) is 0 Å². The van der Waals surface area contributed by atoms with Crippen LogP contribution in [0.3, 0.4) is 0 Å². The maximum atomic E-state index is 5.17. The van der Waals surface area contributed by atoms with Crippen molar-refractivity contribution >= 4 is 0 Å². The molecule has 1 rings (SSSR count). The van der Waals surface area contributed by atoms with Crippen LogP contribution < -0.4 is 0 Å². The van der Waals surface area contributed by atoms with Crippen LogP contribution in [0.25, 0.3) is 0 Å². The monoisotopic (exact) mass is 98.1 g/mol. The molecule has 0 fully saturated rings. The van der Waals surface area contributed by atoms with E-state index in [9.17, 15) is 0 Å². The van der Waals surface area contributed by atoms with Gasteiger partial charge in [-0.2, -0.15) is 0 Å².